The fraction of sp³-hybridized carbons (Fsp3) is 0.667. The van der Waals surface area contributed by atoms with Crippen LogP contribution in [-0.2, 0) is 6.42 Å². The van der Waals surface area contributed by atoms with Crippen molar-refractivity contribution in [1.82, 2.24) is 10.2 Å². The molecule has 0 aromatic carbocycles. The zero-order chi connectivity index (χ0) is 14.4. The molecule has 2 amide bonds. The van der Waals surface area contributed by atoms with E-state index in [0.717, 1.165) is 31.5 Å². The molecular formula is C15H24N2O3. The average molecular weight is 280 g/mol. The maximum atomic E-state index is 12.0. The van der Waals surface area contributed by atoms with E-state index >= 15 is 0 Å². The monoisotopic (exact) mass is 280 g/mol. The van der Waals surface area contributed by atoms with Crippen molar-refractivity contribution in [2.75, 3.05) is 26.2 Å². The Bertz CT molecular complexity index is 397. The number of nitrogens with zero attached hydrogens (tertiary/aromatic N) is 1. The predicted molar refractivity (Wildman–Crippen MR) is 76.4 cm³/mol. The van der Waals surface area contributed by atoms with Crippen LogP contribution in [0.3, 0.4) is 0 Å². The van der Waals surface area contributed by atoms with E-state index in [2.05, 4.69) is 12.2 Å². The van der Waals surface area contributed by atoms with Crippen molar-refractivity contribution >= 4 is 6.03 Å². The van der Waals surface area contributed by atoms with Gasteiger partial charge >= 0.3 is 6.03 Å². The average Bonchev–Trinajstić information content (AvgIpc) is 2.96. The molecule has 20 heavy (non-hydrogen) atoms. The van der Waals surface area contributed by atoms with Gasteiger partial charge in [-0.25, -0.2) is 4.79 Å². The summed E-state index contributed by atoms with van der Waals surface area (Å²) < 4.78 is 5.01. The normalized spacial score (nSPS) is 18.0. The van der Waals surface area contributed by atoms with E-state index in [1.165, 1.54) is 0 Å². The number of hydrogen-bond donors (Lipinski definition) is 2. The smallest absolute Gasteiger partial charge is 0.317 e. The van der Waals surface area contributed by atoms with Crippen molar-refractivity contribution in [2.24, 2.45) is 11.8 Å². The minimum Gasteiger partial charge on any atom is -0.472 e. The summed E-state index contributed by atoms with van der Waals surface area (Å²) in [4.78, 5) is 13.9. The number of amides is 2. The summed E-state index contributed by atoms with van der Waals surface area (Å²) in [7, 11) is 0. The Morgan fingerprint density at radius 2 is 2.30 bits per heavy atom. The molecule has 1 aliphatic heterocycles. The third kappa shape index (κ3) is 4.27. The summed E-state index contributed by atoms with van der Waals surface area (Å²) in [6.07, 6.45) is 6.16. The molecule has 1 unspecified atom stereocenters. The lowest BCUT2D eigenvalue weighted by Gasteiger charge is -2.30. The fourth-order valence-electron chi connectivity index (χ4n) is 2.50. The number of furan rings is 1. The number of carbonyl (C=O) groups is 1. The molecule has 1 aliphatic rings. The highest BCUT2D eigenvalue weighted by atomic mass is 16.3. The quantitative estimate of drug-likeness (QED) is 0.865. The molecule has 2 rings (SSSR count). The van der Waals surface area contributed by atoms with E-state index in [4.69, 9.17) is 4.42 Å². The van der Waals surface area contributed by atoms with Gasteiger partial charge in [0.05, 0.1) is 12.5 Å². The Kier molecular flexibility index (Phi) is 5.47. The highest BCUT2D eigenvalue weighted by molar-refractivity contribution is 5.74. The number of likely N-dealkylation sites (tertiary alicyclic amines) is 1. The number of hydrogen-bond acceptors (Lipinski definition) is 3. The second-order valence-corrected chi connectivity index (χ2v) is 5.74. The van der Waals surface area contributed by atoms with Gasteiger partial charge in [0.1, 0.15) is 0 Å². The number of piperidine rings is 1. The molecule has 0 saturated carbocycles. The van der Waals surface area contributed by atoms with Crippen LogP contribution in [0, 0.1) is 11.8 Å². The molecule has 2 N–H and O–H groups in total. The molecule has 1 aromatic heterocycles. The van der Waals surface area contributed by atoms with E-state index in [1.54, 1.807) is 12.5 Å². The molecule has 0 spiro atoms. The van der Waals surface area contributed by atoms with Crippen LogP contribution in [0.1, 0.15) is 25.3 Å². The number of rotatable bonds is 5. The van der Waals surface area contributed by atoms with E-state index in [0.29, 0.717) is 18.9 Å². The largest absolute Gasteiger partial charge is 0.472 e. The minimum atomic E-state index is -0.0115. The maximum absolute atomic E-state index is 12.0. The first kappa shape index (κ1) is 14.9. The van der Waals surface area contributed by atoms with Crippen LogP contribution < -0.4 is 5.32 Å². The third-order valence-corrected chi connectivity index (χ3v) is 3.98. The Hall–Kier alpha value is -1.49. The molecule has 5 heteroatoms. The van der Waals surface area contributed by atoms with Crippen molar-refractivity contribution in [3.8, 4) is 0 Å². The van der Waals surface area contributed by atoms with E-state index in [-0.39, 0.29) is 18.6 Å². The molecular weight excluding hydrogens is 256 g/mol. The SMILES string of the molecule is CC1CCN(C(=O)NCC(CO)Cc2ccoc2)CC1. The Morgan fingerprint density at radius 1 is 1.55 bits per heavy atom. The molecule has 0 bridgehead atoms. The second kappa shape index (κ2) is 7.33. The molecule has 1 aromatic rings. The highest BCUT2D eigenvalue weighted by Crippen LogP contribution is 2.16. The van der Waals surface area contributed by atoms with Crippen molar-refractivity contribution in [1.29, 1.82) is 0 Å². The Morgan fingerprint density at radius 3 is 2.90 bits per heavy atom. The standard InChI is InChI=1S/C15H24N2O3/c1-12-2-5-17(6-3-12)15(19)16-9-14(10-18)8-13-4-7-20-11-13/h4,7,11-12,14,18H,2-3,5-6,8-10H2,1H3,(H,16,19). The zero-order valence-corrected chi connectivity index (χ0v) is 12.0. The fourth-order valence-corrected chi connectivity index (χ4v) is 2.50. The summed E-state index contributed by atoms with van der Waals surface area (Å²) in [5.41, 5.74) is 1.05. The number of carbonyl (C=O) groups excluding carboxylic acids is 1. The lowest BCUT2D eigenvalue weighted by molar-refractivity contribution is 0.168. The lowest BCUT2D eigenvalue weighted by Crippen LogP contribution is -2.45. The summed E-state index contributed by atoms with van der Waals surface area (Å²) in [6.45, 7) is 4.44. The van der Waals surface area contributed by atoms with E-state index in [1.807, 2.05) is 11.0 Å². The maximum Gasteiger partial charge on any atom is 0.317 e. The van der Waals surface area contributed by atoms with Gasteiger partial charge in [0.25, 0.3) is 0 Å². The van der Waals surface area contributed by atoms with Crippen LogP contribution in [0.4, 0.5) is 4.79 Å². The second-order valence-electron chi connectivity index (χ2n) is 5.74. The Balaban J connectivity index is 1.73. The van der Waals surface area contributed by atoms with Crippen molar-refractivity contribution in [3.05, 3.63) is 24.2 Å². The van der Waals surface area contributed by atoms with Crippen molar-refractivity contribution in [2.45, 2.75) is 26.2 Å². The molecule has 0 radical (unpaired) electrons. The van der Waals surface area contributed by atoms with Gasteiger partial charge in [0.2, 0.25) is 0 Å². The van der Waals surface area contributed by atoms with Gasteiger partial charge in [-0.15, -0.1) is 0 Å². The van der Waals surface area contributed by atoms with Crippen LogP contribution in [0.2, 0.25) is 0 Å². The molecule has 2 heterocycles. The summed E-state index contributed by atoms with van der Waals surface area (Å²) in [5, 5.41) is 12.3. The van der Waals surface area contributed by atoms with Gasteiger partial charge in [-0.1, -0.05) is 6.92 Å². The highest BCUT2D eigenvalue weighted by Gasteiger charge is 2.20. The molecule has 1 fully saturated rings. The predicted octanol–water partition coefficient (Wildman–Crippen LogP) is 1.87. The number of nitrogens with one attached hydrogen (secondary N) is 1. The van der Waals surface area contributed by atoms with Crippen molar-refractivity contribution < 1.29 is 14.3 Å². The molecule has 5 nitrogen and oxygen atoms in total. The van der Waals surface area contributed by atoms with Gasteiger partial charge in [-0.3, -0.25) is 0 Å². The van der Waals surface area contributed by atoms with Gasteiger partial charge in [-0.05, 0) is 36.8 Å². The first-order chi connectivity index (χ1) is 9.69. The summed E-state index contributed by atoms with van der Waals surface area (Å²) in [5.74, 6) is 0.741. The lowest BCUT2D eigenvalue weighted by atomic mass is 9.99. The van der Waals surface area contributed by atoms with Crippen LogP contribution in [0.5, 0.6) is 0 Å². The van der Waals surface area contributed by atoms with Gasteiger partial charge in [0, 0.05) is 32.2 Å². The number of aliphatic hydroxyl groups excluding tert-OH is 1. The van der Waals surface area contributed by atoms with Crippen LogP contribution in [0.25, 0.3) is 0 Å². The number of urea groups is 1. The number of aliphatic hydroxyl groups is 1. The van der Waals surface area contributed by atoms with Gasteiger partial charge in [0.15, 0.2) is 0 Å². The van der Waals surface area contributed by atoms with E-state index < -0.39 is 0 Å². The van der Waals surface area contributed by atoms with Crippen LogP contribution in [0.15, 0.2) is 23.0 Å². The molecule has 1 atom stereocenters. The first-order valence-corrected chi connectivity index (χ1v) is 7.33. The topological polar surface area (TPSA) is 65.7 Å². The molecule has 112 valence electrons. The zero-order valence-electron chi connectivity index (χ0n) is 12.0. The van der Waals surface area contributed by atoms with Crippen LogP contribution >= 0.6 is 0 Å². The first-order valence-electron chi connectivity index (χ1n) is 7.33. The van der Waals surface area contributed by atoms with Crippen molar-refractivity contribution in [3.63, 3.8) is 0 Å². The molecule has 1 saturated heterocycles. The van der Waals surface area contributed by atoms with Gasteiger partial charge in [-0.2, -0.15) is 0 Å². The Labute approximate surface area is 119 Å². The summed E-state index contributed by atoms with van der Waals surface area (Å²) >= 11 is 0. The summed E-state index contributed by atoms with van der Waals surface area (Å²) in [6, 6.07) is 1.87. The minimum absolute atomic E-state index is 0.0115. The third-order valence-electron chi connectivity index (χ3n) is 3.98. The molecule has 0 aliphatic carbocycles. The van der Waals surface area contributed by atoms with Crippen LogP contribution in [-0.4, -0.2) is 42.3 Å². The van der Waals surface area contributed by atoms with E-state index in [9.17, 15) is 9.90 Å². The van der Waals surface area contributed by atoms with Gasteiger partial charge < -0.3 is 19.7 Å².